The zero-order valence-corrected chi connectivity index (χ0v) is 21.5. The Hall–Kier alpha value is -4.38. The number of ether oxygens (including phenoxy) is 1. The van der Waals surface area contributed by atoms with Gasteiger partial charge in [0.05, 0.1) is 0 Å². The number of aromatic nitrogens is 8. The van der Waals surface area contributed by atoms with Crippen molar-refractivity contribution in [2.75, 3.05) is 7.11 Å². The summed E-state index contributed by atoms with van der Waals surface area (Å²) in [4.78, 5) is 31.6. The van der Waals surface area contributed by atoms with E-state index in [1.807, 2.05) is 60.0 Å². The van der Waals surface area contributed by atoms with Crippen molar-refractivity contribution in [1.82, 2.24) is 39.3 Å². The number of benzene rings is 2. The van der Waals surface area contributed by atoms with Gasteiger partial charge >= 0.3 is 5.69 Å². The van der Waals surface area contributed by atoms with E-state index < -0.39 is 6.23 Å². The molecule has 0 saturated heterocycles. The number of nitrogens with zero attached hydrogens (tertiary/aromatic N) is 7. The lowest BCUT2D eigenvalue weighted by Gasteiger charge is -2.17. The molecule has 2 aromatic carbocycles. The number of aryl methyl sites for hydroxylation is 1. The van der Waals surface area contributed by atoms with E-state index in [0.717, 1.165) is 35.1 Å². The van der Waals surface area contributed by atoms with Crippen molar-refractivity contribution in [3.63, 3.8) is 0 Å². The Labute approximate surface area is 217 Å². The minimum atomic E-state index is -0.558. The SMILES string of the molecule is COC(C)n1c(=O)n(CC2CC2)c(=O)c2c1nc(C)n2Cc1ccc(-c2ccccc2-c2nn[nH]n2)cc1. The summed E-state index contributed by atoms with van der Waals surface area (Å²) < 4.78 is 10.2. The number of imidazole rings is 1. The second-order valence-electron chi connectivity index (χ2n) is 9.74. The Morgan fingerprint density at radius 1 is 1.05 bits per heavy atom. The quantitative estimate of drug-likeness (QED) is 0.339. The molecule has 194 valence electrons. The van der Waals surface area contributed by atoms with Gasteiger partial charge < -0.3 is 9.30 Å². The summed E-state index contributed by atoms with van der Waals surface area (Å²) in [6.07, 6.45) is 1.51. The average molecular weight is 513 g/mol. The minimum Gasteiger partial charge on any atom is -0.361 e. The monoisotopic (exact) mass is 512 g/mol. The third kappa shape index (κ3) is 4.14. The van der Waals surface area contributed by atoms with Crippen LogP contribution in [0.2, 0.25) is 0 Å². The summed E-state index contributed by atoms with van der Waals surface area (Å²) in [6, 6.07) is 16.0. The van der Waals surface area contributed by atoms with Gasteiger partial charge in [0.15, 0.2) is 11.2 Å². The van der Waals surface area contributed by atoms with E-state index >= 15 is 0 Å². The number of methoxy groups -OCH3 is 1. The van der Waals surface area contributed by atoms with Crippen molar-refractivity contribution < 1.29 is 4.74 Å². The van der Waals surface area contributed by atoms with Gasteiger partial charge in [-0.05, 0) is 54.5 Å². The molecule has 1 unspecified atom stereocenters. The fraction of sp³-hybridized carbons (Fsp3) is 0.333. The van der Waals surface area contributed by atoms with Crippen LogP contribution in [0.1, 0.15) is 37.4 Å². The summed E-state index contributed by atoms with van der Waals surface area (Å²) in [5, 5.41) is 14.4. The van der Waals surface area contributed by atoms with Crippen molar-refractivity contribution in [3.05, 3.63) is 80.8 Å². The van der Waals surface area contributed by atoms with Crippen LogP contribution in [0.3, 0.4) is 0 Å². The van der Waals surface area contributed by atoms with E-state index in [1.54, 1.807) is 14.0 Å². The van der Waals surface area contributed by atoms with Crippen molar-refractivity contribution >= 4 is 11.2 Å². The van der Waals surface area contributed by atoms with Gasteiger partial charge in [-0.15, -0.1) is 10.2 Å². The van der Waals surface area contributed by atoms with Gasteiger partial charge in [0.1, 0.15) is 12.1 Å². The van der Waals surface area contributed by atoms with E-state index in [1.165, 1.54) is 9.13 Å². The molecule has 1 fully saturated rings. The van der Waals surface area contributed by atoms with Gasteiger partial charge in [0.25, 0.3) is 5.56 Å². The van der Waals surface area contributed by atoms with Crippen molar-refractivity contribution in [2.45, 2.75) is 46.0 Å². The van der Waals surface area contributed by atoms with Crippen LogP contribution in [0, 0.1) is 12.8 Å². The number of fused-ring (bicyclic) bond motifs is 1. The molecule has 0 aliphatic heterocycles. The van der Waals surface area contributed by atoms with Gasteiger partial charge in [-0.3, -0.25) is 9.36 Å². The first-order chi connectivity index (χ1) is 18.5. The predicted molar refractivity (Wildman–Crippen MR) is 142 cm³/mol. The fourth-order valence-electron chi connectivity index (χ4n) is 4.89. The Bertz CT molecular complexity index is 1730. The molecule has 3 heterocycles. The van der Waals surface area contributed by atoms with E-state index in [9.17, 15) is 9.59 Å². The summed E-state index contributed by atoms with van der Waals surface area (Å²) >= 11 is 0. The van der Waals surface area contributed by atoms with E-state index in [2.05, 4.69) is 25.6 Å². The lowest BCUT2D eigenvalue weighted by atomic mass is 9.98. The van der Waals surface area contributed by atoms with Crippen molar-refractivity contribution in [2.24, 2.45) is 5.92 Å². The molecule has 1 aliphatic carbocycles. The number of hydrogen-bond donors (Lipinski definition) is 1. The standard InChI is InChI=1S/C27H28N8O3/c1-16-28-25-23(26(36)34(15-18-8-9-18)27(37)35(25)17(2)38-3)33(16)14-19-10-12-20(13-11-19)21-6-4-5-7-22(21)24-29-31-32-30-24/h4-7,10-13,17-18H,8-9,14-15H2,1-3H3,(H,29,30,31,32). The molecule has 6 rings (SSSR count). The lowest BCUT2D eigenvalue weighted by molar-refractivity contribution is 0.0584. The highest BCUT2D eigenvalue weighted by Crippen LogP contribution is 2.31. The molecule has 38 heavy (non-hydrogen) atoms. The zero-order valence-electron chi connectivity index (χ0n) is 21.5. The van der Waals surface area contributed by atoms with Crippen LogP contribution in [0.4, 0.5) is 0 Å². The number of nitrogens with one attached hydrogen (secondary N) is 1. The van der Waals surface area contributed by atoms with Gasteiger partial charge in [-0.1, -0.05) is 48.5 Å². The molecule has 0 amide bonds. The van der Waals surface area contributed by atoms with Crippen LogP contribution >= 0.6 is 0 Å². The molecule has 5 aromatic rings. The van der Waals surface area contributed by atoms with Gasteiger partial charge in [-0.25, -0.2) is 14.3 Å². The molecule has 0 bridgehead atoms. The number of tetrazole rings is 1. The van der Waals surface area contributed by atoms with Crippen molar-refractivity contribution in [3.8, 4) is 22.5 Å². The second-order valence-corrected chi connectivity index (χ2v) is 9.74. The molecular weight excluding hydrogens is 484 g/mol. The van der Waals surface area contributed by atoms with Crippen LogP contribution in [0.25, 0.3) is 33.7 Å². The van der Waals surface area contributed by atoms with Crippen LogP contribution < -0.4 is 11.2 Å². The highest BCUT2D eigenvalue weighted by molar-refractivity contribution is 5.80. The number of aromatic amines is 1. The molecule has 0 spiro atoms. The van der Waals surface area contributed by atoms with Crippen LogP contribution in [-0.2, 0) is 17.8 Å². The Kier molecular flexibility index (Phi) is 5.99. The summed E-state index contributed by atoms with van der Waals surface area (Å²) in [5.74, 6) is 1.55. The second kappa shape index (κ2) is 9.49. The molecule has 11 nitrogen and oxygen atoms in total. The normalized spacial score (nSPS) is 14.3. The topological polar surface area (TPSA) is 126 Å². The third-order valence-electron chi connectivity index (χ3n) is 7.21. The lowest BCUT2D eigenvalue weighted by Crippen LogP contribution is -2.42. The highest BCUT2D eigenvalue weighted by Gasteiger charge is 2.28. The molecule has 1 atom stereocenters. The Morgan fingerprint density at radius 3 is 2.45 bits per heavy atom. The summed E-state index contributed by atoms with van der Waals surface area (Å²) in [7, 11) is 1.54. The molecule has 1 aliphatic rings. The maximum absolute atomic E-state index is 13.6. The molecule has 1 N–H and O–H groups in total. The molecule has 0 radical (unpaired) electrons. The Balaban J connectivity index is 1.41. The first kappa shape index (κ1) is 24.0. The first-order valence-electron chi connectivity index (χ1n) is 12.6. The largest absolute Gasteiger partial charge is 0.361 e. The molecule has 3 aromatic heterocycles. The maximum atomic E-state index is 13.6. The zero-order chi connectivity index (χ0) is 26.4. The van der Waals surface area contributed by atoms with E-state index in [4.69, 9.17) is 4.74 Å². The van der Waals surface area contributed by atoms with Crippen LogP contribution in [0.5, 0.6) is 0 Å². The molecule has 11 heteroatoms. The number of rotatable bonds is 8. The average Bonchev–Trinajstić information content (AvgIpc) is 3.47. The van der Waals surface area contributed by atoms with Crippen molar-refractivity contribution in [1.29, 1.82) is 0 Å². The number of H-pyrrole nitrogens is 1. The molecular formula is C27H28N8O3. The van der Waals surface area contributed by atoms with E-state index in [-0.39, 0.29) is 11.2 Å². The number of hydrogen-bond acceptors (Lipinski definition) is 7. The summed E-state index contributed by atoms with van der Waals surface area (Å²) in [5.41, 5.74) is 3.97. The third-order valence-corrected chi connectivity index (χ3v) is 7.21. The first-order valence-corrected chi connectivity index (χ1v) is 12.6. The predicted octanol–water partition coefficient (Wildman–Crippen LogP) is 3.14. The minimum absolute atomic E-state index is 0.303. The van der Waals surface area contributed by atoms with Crippen LogP contribution in [0.15, 0.2) is 58.1 Å². The Morgan fingerprint density at radius 2 is 1.79 bits per heavy atom. The van der Waals surface area contributed by atoms with Gasteiger partial charge in [0.2, 0.25) is 5.82 Å². The molecule has 1 saturated carbocycles. The van der Waals surface area contributed by atoms with Gasteiger partial charge in [-0.2, -0.15) is 5.21 Å². The maximum Gasteiger partial charge on any atom is 0.334 e. The highest BCUT2D eigenvalue weighted by atomic mass is 16.5. The summed E-state index contributed by atoms with van der Waals surface area (Å²) in [6.45, 7) is 4.49. The van der Waals surface area contributed by atoms with Crippen LogP contribution in [-0.4, -0.2) is 46.4 Å². The van der Waals surface area contributed by atoms with E-state index in [0.29, 0.717) is 41.8 Å². The fourth-order valence-corrected chi connectivity index (χ4v) is 4.89. The smallest absolute Gasteiger partial charge is 0.334 e. The van der Waals surface area contributed by atoms with Gasteiger partial charge in [0, 0.05) is 25.8 Å².